The fraction of sp³-hybridized carbons (Fsp3) is 0.368. The van der Waals surface area contributed by atoms with Crippen LogP contribution in [0.2, 0.25) is 0 Å². The largest absolute Gasteiger partial charge is 0.367 e. The number of para-hydroxylation sites is 1. The molecule has 0 atom stereocenters. The monoisotopic (exact) mass is 282 g/mol. The van der Waals surface area contributed by atoms with E-state index in [-0.39, 0.29) is 0 Å². The first-order valence-electron chi connectivity index (χ1n) is 7.80. The number of benzene rings is 2. The number of hydrogen-bond acceptors (Lipinski definition) is 2. The predicted molar refractivity (Wildman–Crippen MR) is 91.6 cm³/mol. The van der Waals surface area contributed by atoms with Gasteiger partial charge in [0.05, 0.1) is 0 Å². The average molecular weight is 282 g/mol. The first-order chi connectivity index (χ1) is 10.2. The Bertz CT molecular complexity index is 517. The molecule has 0 aliphatic carbocycles. The van der Waals surface area contributed by atoms with E-state index in [2.05, 4.69) is 85.6 Å². The lowest BCUT2D eigenvalue weighted by Gasteiger charge is -2.23. The van der Waals surface area contributed by atoms with E-state index in [0.717, 1.165) is 19.6 Å². The zero-order valence-electron chi connectivity index (χ0n) is 13.3. The van der Waals surface area contributed by atoms with Gasteiger partial charge in [-0.05, 0) is 30.2 Å². The standard InChI is InChI=1S/C19H26N2/c1-4-21(19-8-6-5-7-9-19)15-18-12-10-17(11-13-18)14-20-16(2)3/h5-13,16,20H,4,14-15H2,1-3H3. The highest BCUT2D eigenvalue weighted by atomic mass is 15.1. The van der Waals surface area contributed by atoms with Crippen LogP contribution in [0.15, 0.2) is 54.6 Å². The summed E-state index contributed by atoms with van der Waals surface area (Å²) in [4.78, 5) is 2.39. The molecule has 2 aromatic rings. The second-order valence-corrected chi connectivity index (χ2v) is 5.70. The molecule has 0 bridgehead atoms. The van der Waals surface area contributed by atoms with Crippen molar-refractivity contribution in [2.45, 2.75) is 39.9 Å². The molecule has 0 saturated heterocycles. The Morgan fingerprint density at radius 3 is 2.10 bits per heavy atom. The van der Waals surface area contributed by atoms with Crippen LogP contribution in [0.5, 0.6) is 0 Å². The molecule has 2 nitrogen and oxygen atoms in total. The van der Waals surface area contributed by atoms with Crippen LogP contribution < -0.4 is 10.2 Å². The van der Waals surface area contributed by atoms with Crippen molar-refractivity contribution in [1.82, 2.24) is 5.32 Å². The van der Waals surface area contributed by atoms with Crippen LogP contribution in [0.3, 0.4) is 0 Å². The summed E-state index contributed by atoms with van der Waals surface area (Å²) in [6.45, 7) is 9.46. The van der Waals surface area contributed by atoms with Gasteiger partial charge in [-0.15, -0.1) is 0 Å². The van der Waals surface area contributed by atoms with Crippen molar-refractivity contribution in [1.29, 1.82) is 0 Å². The zero-order chi connectivity index (χ0) is 15.1. The van der Waals surface area contributed by atoms with Crippen LogP contribution in [-0.4, -0.2) is 12.6 Å². The molecule has 0 aromatic heterocycles. The Balaban J connectivity index is 1.98. The molecule has 0 spiro atoms. The van der Waals surface area contributed by atoms with E-state index >= 15 is 0 Å². The third-order valence-electron chi connectivity index (χ3n) is 3.61. The normalized spacial score (nSPS) is 10.9. The Morgan fingerprint density at radius 1 is 0.905 bits per heavy atom. The van der Waals surface area contributed by atoms with Gasteiger partial charge in [0.1, 0.15) is 0 Å². The molecule has 0 unspecified atom stereocenters. The third kappa shape index (κ3) is 4.91. The lowest BCUT2D eigenvalue weighted by molar-refractivity contribution is 0.589. The van der Waals surface area contributed by atoms with Crippen LogP contribution in [0, 0.1) is 0 Å². The molecule has 1 N–H and O–H groups in total. The van der Waals surface area contributed by atoms with Crippen molar-refractivity contribution in [2.24, 2.45) is 0 Å². The summed E-state index contributed by atoms with van der Waals surface area (Å²) >= 11 is 0. The molecule has 0 heterocycles. The van der Waals surface area contributed by atoms with Gasteiger partial charge >= 0.3 is 0 Å². The van der Waals surface area contributed by atoms with Gasteiger partial charge in [-0.25, -0.2) is 0 Å². The minimum atomic E-state index is 0.526. The van der Waals surface area contributed by atoms with Crippen LogP contribution in [0.25, 0.3) is 0 Å². The molecule has 0 radical (unpaired) electrons. The number of hydrogen-bond donors (Lipinski definition) is 1. The fourth-order valence-corrected chi connectivity index (χ4v) is 2.33. The van der Waals surface area contributed by atoms with Crippen LogP contribution in [-0.2, 0) is 13.1 Å². The SMILES string of the molecule is CCN(Cc1ccc(CNC(C)C)cc1)c1ccccc1. The average Bonchev–Trinajstić information content (AvgIpc) is 2.52. The molecule has 0 aliphatic heterocycles. The molecule has 0 saturated carbocycles. The maximum Gasteiger partial charge on any atom is 0.0429 e. The van der Waals surface area contributed by atoms with Crippen LogP contribution in [0.4, 0.5) is 5.69 Å². The van der Waals surface area contributed by atoms with E-state index in [1.807, 2.05) is 0 Å². The van der Waals surface area contributed by atoms with Gasteiger partial charge in [0, 0.05) is 31.4 Å². The van der Waals surface area contributed by atoms with Gasteiger partial charge in [-0.2, -0.15) is 0 Å². The lowest BCUT2D eigenvalue weighted by atomic mass is 10.1. The minimum Gasteiger partial charge on any atom is -0.367 e. The van der Waals surface area contributed by atoms with Crippen LogP contribution >= 0.6 is 0 Å². The summed E-state index contributed by atoms with van der Waals surface area (Å²) in [5.41, 5.74) is 3.98. The first-order valence-corrected chi connectivity index (χ1v) is 7.80. The molecule has 2 rings (SSSR count). The topological polar surface area (TPSA) is 15.3 Å². The number of rotatable bonds is 7. The molecule has 0 amide bonds. The summed E-state index contributed by atoms with van der Waals surface area (Å²) in [7, 11) is 0. The third-order valence-corrected chi connectivity index (χ3v) is 3.61. The van der Waals surface area contributed by atoms with Gasteiger partial charge < -0.3 is 10.2 Å². The van der Waals surface area contributed by atoms with E-state index in [1.54, 1.807) is 0 Å². The van der Waals surface area contributed by atoms with Crippen molar-refractivity contribution < 1.29 is 0 Å². The van der Waals surface area contributed by atoms with Crippen molar-refractivity contribution in [2.75, 3.05) is 11.4 Å². The van der Waals surface area contributed by atoms with Crippen molar-refractivity contribution >= 4 is 5.69 Å². The van der Waals surface area contributed by atoms with Gasteiger partial charge in [0.2, 0.25) is 0 Å². The maximum atomic E-state index is 3.45. The first kappa shape index (κ1) is 15.6. The van der Waals surface area contributed by atoms with Gasteiger partial charge in [-0.3, -0.25) is 0 Å². The van der Waals surface area contributed by atoms with Crippen molar-refractivity contribution in [3.63, 3.8) is 0 Å². The molecular formula is C19H26N2. The van der Waals surface area contributed by atoms with Gasteiger partial charge in [0.15, 0.2) is 0 Å². The van der Waals surface area contributed by atoms with E-state index in [4.69, 9.17) is 0 Å². The molecule has 2 heteroatoms. The van der Waals surface area contributed by atoms with Crippen LogP contribution in [0.1, 0.15) is 31.9 Å². The predicted octanol–water partition coefficient (Wildman–Crippen LogP) is 4.21. The Kier molecular flexibility index (Phi) is 5.82. The summed E-state index contributed by atoms with van der Waals surface area (Å²) in [5, 5.41) is 3.45. The fourth-order valence-electron chi connectivity index (χ4n) is 2.33. The Hall–Kier alpha value is -1.80. The second kappa shape index (κ2) is 7.84. The number of nitrogens with one attached hydrogen (secondary N) is 1. The highest BCUT2D eigenvalue weighted by Gasteiger charge is 2.04. The number of anilines is 1. The van der Waals surface area contributed by atoms with Gasteiger partial charge in [0.25, 0.3) is 0 Å². The summed E-state index contributed by atoms with van der Waals surface area (Å²) < 4.78 is 0. The van der Waals surface area contributed by atoms with E-state index in [0.29, 0.717) is 6.04 Å². The Labute approximate surface area is 128 Å². The molecule has 0 aliphatic rings. The smallest absolute Gasteiger partial charge is 0.0429 e. The molecular weight excluding hydrogens is 256 g/mol. The quantitative estimate of drug-likeness (QED) is 0.818. The molecule has 2 aromatic carbocycles. The number of nitrogens with zero attached hydrogens (tertiary/aromatic N) is 1. The van der Waals surface area contributed by atoms with Crippen molar-refractivity contribution in [3.05, 3.63) is 65.7 Å². The molecule has 0 fully saturated rings. The highest BCUT2D eigenvalue weighted by Crippen LogP contribution is 2.16. The highest BCUT2D eigenvalue weighted by molar-refractivity contribution is 5.46. The molecule has 21 heavy (non-hydrogen) atoms. The van der Waals surface area contributed by atoms with E-state index in [1.165, 1.54) is 16.8 Å². The summed E-state index contributed by atoms with van der Waals surface area (Å²) in [6.07, 6.45) is 0. The Morgan fingerprint density at radius 2 is 1.52 bits per heavy atom. The minimum absolute atomic E-state index is 0.526. The zero-order valence-corrected chi connectivity index (χ0v) is 13.3. The lowest BCUT2D eigenvalue weighted by Crippen LogP contribution is -2.22. The maximum absolute atomic E-state index is 3.45. The second-order valence-electron chi connectivity index (χ2n) is 5.70. The molecule has 112 valence electrons. The summed E-state index contributed by atoms with van der Waals surface area (Å²) in [5.74, 6) is 0. The van der Waals surface area contributed by atoms with Crippen molar-refractivity contribution in [3.8, 4) is 0 Å². The summed E-state index contributed by atoms with van der Waals surface area (Å²) in [6, 6.07) is 20.1. The van der Waals surface area contributed by atoms with E-state index in [9.17, 15) is 0 Å². The van der Waals surface area contributed by atoms with E-state index < -0.39 is 0 Å². The van der Waals surface area contributed by atoms with Gasteiger partial charge in [-0.1, -0.05) is 56.3 Å².